The van der Waals surface area contributed by atoms with Crippen LogP contribution in [0.5, 0.6) is 0 Å². The zero-order valence-electron chi connectivity index (χ0n) is 9.61. The average Bonchev–Trinajstić information content (AvgIpc) is 2.04. The maximum Gasteiger partial charge on any atom is 0.0678 e. The van der Waals surface area contributed by atoms with Gasteiger partial charge in [0.2, 0.25) is 0 Å². The maximum absolute atomic E-state index is 5.16. The molecule has 0 heterocycles. The highest BCUT2D eigenvalue weighted by atomic mass is 16.5. The number of hydrogen-bond acceptors (Lipinski definition) is 1. The summed E-state index contributed by atoms with van der Waals surface area (Å²) in [5.74, 6) is 0. The van der Waals surface area contributed by atoms with Gasteiger partial charge in [0.05, 0.1) is 6.61 Å². The molecule has 0 amide bonds. The van der Waals surface area contributed by atoms with Gasteiger partial charge in [-0.2, -0.15) is 0 Å². The quantitative estimate of drug-likeness (QED) is 0.589. The van der Waals surface area contributed by atoms with E-state index in [1.807, 2.05) is 0 Å². The Kier molecular flexibility index (Phi) is 6.61. The van der Waals surface area contributed by atoms with Crippen LogP contribution in [0.2, 0.25) is 0 Å². The molecule has 1 heteroatoms. The molecule has 0 aromatic carbocycles. The van der Waals surface area contributed by atoms with Crippen molar-refractivity contribution in [3.8, 4) is 0 Å². The molecule has 13 heavy (non-hydrogen) atoms. The van der Waals surface area contributed by atoms with Crippen LogP contribution in [0.3, 0.4) is 0 Å². The monoisotopic (exact) mass is 182 g/mol. The minimum absolute atomic E-state index is 0.761. The number of allylic oxidation sites excluding steroid dienone is 3. The van der Waals surface area contributed by atoms with Crippen molar-refractivity contribution < 1.29 is 4.74 Å². The summed E-state index contributed by atoms with van der Waals surface area (Å²) in [6.45, 7) is 9.41. The molecule has 0 aromatic heterocycles. The second-order valence-electron chi connectivity index (χ2n) is 3.67. The molecule has 0 aliphatic rings. The first-order valence-electron chi connectivity index (χ1n) is 4.91. The summed E-state index contributed by atoms with van der Waals surface area (Å²) >= 11 is 0. The van der Waals surface area contributed by atoms with Gasteiger partial charge in [0.25, 0.3) is 0 Å². The lowest BCUT2D eigenvalue weighted by Gasteiger charge is -2.09. The number of hydrogen-bond donors (Lipinski definition) is 0. The van der Waals surface area contributed by atoms with E-state index < -0.39 is 0 Å². The molecule has 1 nitrogen and oxygen atoms in total. The van der Waals surface area contributed by atoms with E-state index in [1.165, 1.54) is 16.7 Å². The van der Waals surface area contributed by atoms with Crippen molar-refractivity contribution in [3.63, 3.8) is 0 Å². The van der Waals surface area contributed by atoms with Crippen LogP contribution in [-0.4, -0.2) is 13.7 Å². The fourth-order valence-corrected chi connectivity index (χ4v) is 1.30. The highest BCUT2D eigenvalue weighted by Crippen LogP contribution is 2.15. The molecule has 0 spiro atoms. The van der Waals surface area contributed by atoms with Gasteiger partial charge in [-0.3, -0.25) is 0 Å². The zero-order valence-corrected chi connectivity index (χ0v) is 9.61. The molecular formula is C12H22O. The van der Waals surface area contributed by atoms with Crippen LogP contribution in [0.25, 0.3) is 0 Å². The third-order valence-corrected chi connectivity index (χ3v) is 2.07. The van der Waals surface area contributed by atoms with E-state index in [2.05, 4.69) is 33.8 Å². The third-order valence-electron chi connectivity index (χ3n) is 2.07. The molecule has 0 saturated carbocycles. The predicted molar refractivity (Wildman–Crippen MR) is 58.9 cm³/mol. The summed E-state index contributed by atoms with van der Waals surface area (Å²) in [6.07, 6.45) is 4.46. The van der Waals surface area contributed by atoms with Gasteiger partial charge < -0.3 is 4.74 Å². The Labute approximate surface area is 82.5 Å². The topological polar surface area (TPSA) is 9.23 Å². The van der Waals surface area contributed by atoms with Crippen molar-refractivity contribution in [1.82, 2.24) is 0 Å². The number of rotatable bonds is 5. The van der Waals surface area contributed by atoms with E-state index in [0.717, 1.165) is 19.4 Å². The summed E-state index contributed by atoms with van der Waals surface area (Å²) in [7, 11) is 1.75. The Morgan fingerprint density at radius 1 is 1.23 bits per heavy atom. The SMILES string of the molecule is CCC=C(C)CC(COC)=C(C)C. The Morgan fingerprint density at radius 2 is 1.85 bits per heavy atom. The van der Waals surface area contributed by atoms with Crippen molar-refractivity contribution in [1.29, 1.82) is 0 Å². The van der Waals surface area contributed by atoms with E-state index in [-0.39, 0.29) is 0 Å². The van der Waals surface area contributed by atoms with E-state index >= 15 is 0 Å². The van der Waals surface area contributed by atoms with Crippen LogP contribution in [0, 0.1) is 0 Å². The molecular weight excluding hydrogens is 160 g/mol. The number of ether oxygens (including phenoxy) is 1. The summed E-state index contributed by atoms with van der Waals surface area (Å²) < 4.78 is 5.16. The lowest BCUT2D eigenvalue weighted by molar-refractivity contribution is 0.223. The van der Waals surface area contributed by atoms with Crippen LogP contribution < -0.4 is 0 Å². The zero-order chi connectivity index (χ0) is 10.3. The van der Waals surface area contributed by atoms with Crippen molar-refractivity contribution in [2.45, 2.75) is 40.5 Å². The highest BCUT2D eigenvalue weighted by Gasteiger charge is 2.00. The van der Waals surface area contributed by atoms with Crippen LogP contribution >= 0.6 is 0 Å². The Hall–Kier alpha value is -0.560. The summed E-state index contributed by atoms with van der Waals surface area (Å²) in [6, 6.07) is 0. The van der Waals surface area contributed by atoms with E-state index in [0.29, 0.717) is 0 Å². The van der Waals surface area contributed by atoms with Gasteiger partial charge in [0.1, 0.15) is 0 Å². The molecule has 76 valence electrons. The van der Waals surface area contributed by atoms with Crippen molar-refractivity contribution in [2.24, 2.45) is 0 Å². The van der Waals surface area contributed by atoms with E-state index in [9.17, 15) is 0 Å². The molecule has 0 atom stereocenters. The molecule has 0 aliphatic heterocycles. The van der Waals surface area contributed by atoms with E-state index in [4.69, 9.17) is 4.74 Å². The second kappa shape index (κ2) is 6.90. The molecule has 0 saturated heterocycles. The first-order valence-corrected chi connectivity index (χ1v) is 4.91. The summed E-state index contributed by atoms with van der Waals surface area (Å²) in [4.78, 5) is 0. The van der Waals surface area contributed by atoms with Gasteiger partial charge in [-0.15, -0.1) is 0 Å². The lowest BCUT2D eigenvalue weighted by Crippen LogP contribution is -1.97. The Morgan fingerprint density at radius 3 is 2.23 bits per heavy atom. The first kappa shape index (κ1) is 12.4. The van der Waals surface area contributed by atoms with Gasteiger partial charge in [0.15, 0.2) is 0 Å². The van der Waals surface area contributed by atoms with Gasteiger partial charge in [0, 0.05) is 7.11 Å². The minimum atomic E-state index is 0.761. The molecule has 0 radical (unpaired) electrons. The van der Waals surface area contributed by atoms with Crippen LogP contribution in [-0.2, 0) is 4.74 Å². The van der Waals surface area contributed by atoms with Gasteiger partial charge in [-0.25, -0.2) is 0 Å². The van der Waals surface area contributed by atoms with Gasteiger partial charge in [-0.05, 0) is 39.2 Å². The Balaban J connectivity index is 4.28. The van der Waals surface area contributed by atoms with E-state index in [1.54, 1.807) is 7.11 Å². The van der Waals surface area contributed by atoms with Crippen LogP contribution in [0.15, 0.2) is 22.8 Å². The average molecular weight is 182 g/mol. The van der Waals surface area contributed by atoms with Gasteiger partial charge in [-0.1, -0.05) is 24.1 Å². The van der Waals surface area contributed by atoms with Crippen LogP contribution in [0.4, 0.5) is 0 Å². The standard InChI is InChI=1S/C12H22O/c1-6-7-11(4)8-12(9-13-5)10(2)3/h7H,6,8-9H2,1-5H3. The van der Waals surface area contributed by atoms with Crippen molar-refractivity contribution >= 4 is 0 Å². The molecule has 0 aliphatic carbocycles. The molecule has 0 fully saturated rings. The van der Waals surface area contributed by atoms with Crippen molar-refractivity contribution in [3.05, 3.63) is 22.8 Å². The fourth-order valence-electron chi connectivity index (χ4n) is 1.30. The second-order valence-corrected chi connectivity index (χ2v) is 3.67. The minimum Gasteiger partial charge on any atom is -0.380 e. The maximum atomic E-state index is 5.16. The Bertz CT molecular complexity index is 195. The molecule has 0 unspecified atom stereocenters. The number of methoxy groups -OCH3 is 1. The van der Waals surface area contributed by atoms with Gasteiger partial charge >= 0.3 is 0 Å². The summed E-state index contributed by atoms with van der Waals surface area (Å²) in [5.41, 5.74) is 4.23. The van der Waals surface area contributed by atoms with Crippen LogP contribution in [0.1, 0.15) is 40.5 Å². The fraction of sp³-hybridized carbons (Fsp3) is 0.667. The highest BCUT2D eigenvalue weighted by molar-refractivity contribution is 5.18. The molecule has 0 bridgehead atoms. The first-order chi connectivity index (χ1) is 6.11. The molecule has 0 N–H and O–H groups in total. The smallest absolute Gasteiger partial charge is 0.0678 e. The predicted octanol–water partition coefficient (Wildman–Crippen LogP) is 3.72. The molecule has 0 rings (SSSR count). The van der Waals surface area contributed by atoms with Crippen molar-refractivity contribution in [2.75, 3.05) is 13.7 Å². The lowest BCUT2D eigenvalue weighted by atomic mass is 10.0. The molecule has 0 aromatic rings. The normalized spacial score (nSPS) is 11.6. The third kappa shape index (κ3) is 5.64. The summed E-state index contributed by atoms with van der Waals surface area (Å²) in [5, 5.41) is 0. The largest absolute Gasteiger partial charge is 0.380 e.